The van der Waals surface area contributed by atoms with Crippen molar-refractivity contribution in [1.82, 2.24) is 14.6 Å². The van der Waals surface area contributed by atoms with Gasteiger partial charge in [0, 0.05) is 11.4 Å². The third-order valence-electron chi connectivity index (χ3n) is 4.82. The number of thioether (sulfide) groups is 1. The van der Waals surface area contributed by atoms with E-state index in [2.05, 4.69) is 14.8 Å². The Morgan fingerprint density at radius 1 is 1.37 bits per heavy atom. The number of alkyl halides is 1. The third kappa shape index (κ3) is 8.25. The Balaban J connectivity index is 1.53. The minimum absolute atomic E-state index is 0.0598. The number of nitrogens with zero attached hydrogens (tertiary/aromatic N) is 2. The van der Waals surface area contributed by atoms with Crippen LogP contribution >= 0.6 is 20.3 Å². The molecule has 0 saturated carbocycles. The predicted octanol–water partition coefficient (Wildman–Crippen LogP) is 2.28. The van der Waals surface area contributed by atoms with Gasteiger partial charge in [0.25, 0.3) is 15.0 Å². The third-order valence-corrected chi connectivity index (χ3v) is 7.65. The quantitative estimate of drug-likeness (QED) is 0.130. The van der Waals surface area contributed by atoms with Crippen molar-refractivity contribution in [2.75, 3.05) is 19.1 Å². The lowest BCUT2D eigenvalue weighted by atomic mass is 10.2. The molecule has 35 heavy (non-hydrogen) atoms. The van der Waals surface area contributed by atoms with Gasteiger partial charge in [-0.15, -0.1) is 11.8 Å². The zero-order valence-corrected chi connectivity index (χ0v) is 20.5. The maximum Gasteiger partial charge on any atom is 0.350 e. The summed E-state index contributed by atoms with van der Waals surface area (Å²) in [5, 5.41) is 1.80. The van der Waals surface area contributed by atoms with Crippen LogP contribution in [0.25, 0.3) is 0 Å². The predicted molar refractivity (Wildman–Crippen MR) is 128 cm³/mol. The molecule has 0 spiro atoms. The molecule has 11 nitrogen and oxygen atoms in total. The first kappa shape index (κ1) is 27.0. The maximum absolute atomic E-state index is 14.7. The number of carbonyl (C=O) groups excluding carboxylic acids is 2. The second-order valence-electron chi connectivity index (χ2n) is 7.45. The van der Waals surface area contributed by atoms with Crippen molar-refractivity contribution in [1.29, 1.82) is 0 Å². The molecule has 1 aromatic heterocycles. The van der Waals surface area contributed by atoms with Crippen LogP contribution in [0.4, 0.5) is 10.2 Å². The summed E-state index contributed by atoms with van der Waals surface area (Å²) in [7, 11) is -1.89. The number of anilines is 1. The summed E-state index contributed by atoms with van der Waals surface area (Å²) >= 11 is 1.22. The van der Waals surface area contributed by atoms with E-state index in [1.165, 1.54) is 28.6 Å². The smallest absolute Gasteiger partial charge is 0.350 e. The van der Waals surface area contributed by atoms with Gasteiger partial charge < -0.3 is 19.7 Å². The van der Waals surface area contributed by atoms with Crippen molar-refractivity contribution in [3.05, 3.63) is 58.6 Å². The SMILES string of the molecule is CC(NP(OCOC=O)OCC1CC(F)C(n2ccc(N)nc2=O)S1)C(=O)OCc1ccccc1. The highest BCUT2D eigenvalue weighted by atomic mass is 32.2. The fourth-order valence-corrected chi connectivity index (χ4v) is 5.73. The van der Waals surface area contributed by atoms with Crippen LogP contribution in [-0.2, 0) is 34.7 Å². The number of halogens is 1. The molecule has 0 amide bonds. The van der Waals surface area contributed by atoms with Gasteiger partial charge >= 0.3 is 11.7 Å². The largest absolute Gasteiger partial charge is 0.460 e. The summed E-state index contributed by atoms with van der Waals surface area (Å²) < 4.78 is 36.9. The second-order valence-corrected chi connectivity index (χ2v) is 10.2. The molecule has 0 aliphatic carbocycles. The fraction of sp³-hybridized carbons (Fsp3) is 0.429. The minimum Gasteiger partial charge on any atom is -0.460 e. The van der Waals surface area contributed by atoms with Crippen molar-refractivity contribution >= 4 is 38.5 Å². The van der Waals surface area contributed by atoms with E-state index >= 15 is 0 Å². The van der Waals surface area contributed by atoms with E-state index in [4.69, 9.17) is 19.5 Å². The van der Waals surface area contributed by atoms with Gasteiger partial charge in [-0.3, -0.25) is 18.7 Å². The van der Waals surface area contributed by atoms with Crippen LogP contribution in [0, 0.1) is 0 Å². The van der Waals surface area contributed by atoms with Gasteiger partial charge in [-0.05, 0) is 25.0 Å². The van der Waals surface area contributed by atoms with E-state index in [1.54, 1.807) is 6.92 Å². The highest BCUT2D eigenvalue weighted by molar-refractivity contribution is 8.00. The average Bonchev–Trinajstić information content (AvgIpc) is 3.21. The highest BCUT2D eigenvalue weighted by Crippen LogP contribution is 2.45. The number of aromatic nitrogens is 2. The van der Waals surface area contributed by atoms with Gasteiger partial charge in [-0.25, -0.2) is 14.3 Å². The van der Waals surface area contributed by atoms with Crippen molar-refractivity contribution in [3.8, 4) is 0 Å². The molecule has 14 heteroatoms. The Kier molecular flexibility index (Phi) is 10.4. The fourth-order valence-electron chi connectivity index (χ4n) is 3.11. The maximum atomic E-state index is 14.7. The summed E-state index contributed by atoms with van der Waals surface area (Å²) in [6.45, 7) is 1.57. The van der Waals surface area contributed by atoms with Crippen molar-refractivity contribution in [2.24, 2.45) is 0 Å². The van der Waals surface area contributed by atoms with E-state index in [0.717, 1.165) is 5.56 Å². The number of ether oxygens (including phenoxy) is 2. The summed E-state index contributed by atoms with van der Waals surface area (Å²) in [6.07, 6.45) is 0.242. The molecule has 1 aliphatic rings. The molecule has 3 rings (SSSR count). The van der Waals surface area contributed by atoms with Crippen LogP contribution < -0.4 is 16.5 Å². The molecule has 1 saturated heterocycles. The van der Waals surface area contributed by atoms with Crippen LogP contribution in [0.15, 0.2) is 47.4 Å². The summed E-state index contributed by atoms with van der Waals surface area (Å²) in [6, 6.07) is 9.85. The number of benzene rings is 1. The number of hydrogen-bond acceptors (Lipinski definition) is 11. The number of rotatable bonds is 13. The molecule has 0 bridgehead atoms. The first-order valence-electron chi connectivity index (χ1n) is 10.6. The average molecular weight is 528 g/mol. The lowest BCUT2D eigenvalue weighted by molar-refractivity contribution is -0.146. The molecule has 1 aliphatic heterocycles. The first-order chi connectivity index (χ1) is 16.9. The molecule has 2 aromatic rings. The molecule has 1 aromatic carbocycles. The van der Waals surface area contributed by atoms with E-state index in [0.29, 0.717) is 0 Å². The van der Waals surface area contributed by atoms with Gasteiger partial charge in [0.1, 0.15) is 30.0 Å². The van der Waals surface area contributed by atoms with Crippen molar-refractivity contribution < 1.29 is 32.5 Å². The Morgan fingerprint density at radius 2 is 2.14 bits per heavy atom. The van der Waals surface area contributed by atoms with Crippen LogP contribution in [0.3, 0.4) is 0 Å². The number of nitrogen functional groups attached to an aromatic ring is 1. The highest BCUT2D eigenvalue weighted by Gasteiger charge is 2.38. The summed E-state index contributed by atoms with van der Waals surface area (Å²) in [5.74, 6) is -0.466. The lowest BCUT2D eigenvalue weighted by Crippen LogP contribution is -2.33. The molecule has 3 N–H and O–H groups in total. The van der Waals surface area contributed by atoms with Gasteiger partial charge in [0.05, 0.1) is 6.61 Å². The molecular formula is C21H26FN4O7PS. The van der Waals surface area contributed by atoms with E-state index < -0.39 is 44.6 Å². The van der Waals surface area contributed by atoms with E-state index in [1.807, 2.05) is 30.3 Å². The van der Waals surface area contributed by atoms with E-state index in [-0.39, 0.29) is 37.2 Å². The van der Waals surface area contributed by atoms with Crippen LogP contribution in [-0.4, -0.2) is 52.9 Å². The molecule has 5 atom stereocenters. The van der Waals surface area contributed by atoms with Gasteiger partial charge in [0.2, 0.25) is 0 Å². The normalized spacial score (nSPS) is 21.3. The standard InChI is InChI=1S/C21H26FN4O7PS/c1-14(20(28)31-10-15-5-3-2-4-6-15)25-34(33-13-30-12-27)32-11-16-9-17(22)19(35-16)26-8-7-18(23)24-21(26)29/h2-8,12,14,16-17,19,25H,9-11,13H2,1H3,(H2,23,24,29). The Hall–Kier alpha value is -2.57. The zero-order chi connectivity index (χ0) is 25.2. The Bertz CT molecular complexity index is 1030. The number of esters is 1. The summed E-state index contributed by atoms with van der Waals surface area (Å²) in [5.41, 5.74) is 5.71. The zero-order valence-electron chi connectivity index (χ0n) is 18.8. The number of carbonyl (C=O) groups is 2. The van der Waals surface area contributed by atoms with Crippen LogP contribution in [0.1, 0.15) is 24.3 Å². The monoisotopic (exact) mass is 528 g/mol. The second kappa shape index (κ2) is 13.5. The first-order valence-corrected chi connectivity index (χ1v) is 12.7. The van der Waals surface area contributed by atoms with Crippen molar-refractivity contribution in [2.45, 2.75) is 42.8 Å². The van der Waals surface area contributed by atoms with Crippen molar-refractivity contribution in [3.63, 3.8) is 0 Å². The van der Waals surface area contributed by atoms with E-state index in [9.17, 15) is 18.8 Å². The lowest BCUT2D eigenvalue weighted by Gasteiger charge is -2.22. The Labute approximate surface area is 206 Å². The molecule has 2 heterocycles. The van der Waals surface area contributed by atoms with Crippen LogP contribution in [0.2, 0.25) is 0 Å². The molecule has 5 unspecified atom stereocenters. The molecule has 190 valence electrons. The number of nitrogens with one attached hydrogen (secondary N) is 1. The number of nitrogens with two attached hydrogens (primary N) is 1. The van der Waals surface area contributed by atoms with Crippen LogP contribution in [0.5, 0.6) is 0 Å². The van der Waals surface area contributed by atoms with Gasteiger partial charge in [0.15, 0.2) is 6.79 Å². The molecule has 1 fully saturated rings. The minimum atomic E-state index is -1.89. The summed E-state index contributed by atoms with van der Waals surface area (Å²) in [4.78, 5) is 38.5. The van der Waals surface area contributed by atoms with Gasteiger partial charge in [-0.1, -0.05) is 30.3 Å². The Morgan fingerprint density at radius 3 is 2.86 bits per heavy atom. The molecule has 0 radical (unpaired) electrons. The molecular weight excluding hydrogens is 502 g/mol. The number of hydrogen-bond donors (Lipinski definition) is 2. The van der Waals surface area contributed by atoms with Gasteiger partial charge in [-0.2, -0.15) is 4.98 Å². The topological polar surface area (TPSA) is 144 Å².